The molecule has 100 valence electrons. The van der Waals surface area contributed by atoms with Crippen LogP contribution in [-0.4, -0.2) is 28.5 Å². The number of primary amides is 1. The summed E-state index contributed by atoms with van der Waals surface area (Å²) in [6, 6.07) is -0.301. The standard InChI is InChI=1S/C13H22N4O/c1-9(2)12(13(14)18)17-8-16-7-11(17)10-4-3-5-15-6-10/h7-10,12,15H,3-6H2,1-2H3,(H2,14,18). The number of nitrogens with two attached hydrogens (primary N) is 1. The molecule has 0 aliphatic carbocycles. The quantitative estimate of drug-likeness (QED) is 0.838. The van der Waals surface area contributed by atoms with Crippen LogP contribution < -0.4 is 11.1 Å². The molecule has 1 fully saturated rings. The first-order valence-electron chi connectivity index (χ1n) is 6.63. The minimum atomic E-state index is -0.301. The maximum Gasteiger partial charge on any atom is 0.240 e. The number of hydrogen-bond acceptors (Lipinski definition) is 3. The Morgan fingerprint density at radius 3 is 2.94 bits per heavy atom. The van der Waals surface area contributed by atoms with E-state index >= 15 is 0 Å². The van der Waals surface area contributed by atoms with Gasteiger partial charge in [-0.25, -0.2) is 4.98 Å². The Balaban J connectivity index is 2.27. The van der Waals surface area contributed by atoms with Crippen molar-refractivity contribution in [2.45, 2.75) is 38.6 Å². The van der Waals surface area contributed by atoms with Crippen molar-refractivity contribution in [2.24, 2.45) is 11.7 Å². The van der Waals surface area contributed by atoms with Crippen molar-refractivity contribution in [1.29, 1.82) is 0 Å². The number of nitrogens with one attached hydrogen (secondary N) is 1. The van der Waals surface area contributed by atoms with Crippen LogP contribution >= 0.6 is 0 Å². The highest BCUT2D eigenvalue weighted by atomic mass is 16.1. The summed E-state index contributed by atoms with van der Waals surface area (Å²) in [6.45, 7) is 6.06. The molecule has 1 aliphatic heterocycles. The van der Waals surface area contributed by atoms with E-state index in [1.54, 1.807) is 6.33 Å². The molecule has 1 saturated heterocycles. The van der Waals surface area contributed by atoms with Crippen LogP contribution in [0.2, 0.25) is 0 Å². The number of aromatic nitrogens is 2. The molecule has 1 aromatic rings. The minimum absolute atomic E-state index is 0.173. The van der Waals surface area contributed by atoms with Crippen molar-refractivity contribution < 1.29 is 4.79 Å². The van der Waals surface area contributed by atoms with Gasteiger partial charge in [-0.05, 0) is 25.3 Å². The van der Waals surface area contributed by atoms with Crippen LogP contribution in [0.15, 0.2) is 12.5 Å². The van der Waals surface area contributed by atoms with Crippen molar-refractivity contribution in [2.75, 3.05) is 13.1 Å². The molecule has 2 atom stereocenters. The topological polar surface area (TPSA) is 72.9 Å². The van der Waals surface area contributed by atoms with Crippen LogP contribution in [0.25, 0.3) is 0 Å². The largest absolute Gasteiger partial charge is 0.368 e. The second-order valence-corrected chi connectivity index (χ2v) is 5.36. The van der Waals surface area contributed by atoms with Gasteiger partial charge in [-0.3, -0.25) is 4.79 Å². The van der Waals surface area contributed by atoms with Gasteiger partial charge in [0, 0.05) is 24.4 Å². The van der Waals surface area contributed by atoms with E-state index in [4.69, 9.17) is 5.73 Å². The monoisotopic (exact) mass is 250 g/mol. The molecule has 1 aromatic heterocycles. The highest BCUT2D eigenvalue weighted by molar-refractivity contribution is 5.78. The molecular weight excluding hydrogens is 228 g/mol. The van der Waals surface area contributed by atoms with E-state index < -0.39 is 0 Å². The van der Waals surface area contributed by atoms with Crippen molar-refractivity contribution in [3.63, 3.8) is 0 Å². The van der Waals surface area contributed by atoms with Gasteiger partial charge in [-0.2, -0.15) is 0 Å². The lowest BCUT2D eigenvalue weighted by Gasteiger charge is -2.27. The van der Waals surface area contributed by atoms with Crippen LogP contribution in [0.4, 0.5) is 0 Å². The molecule has 0 saturated carbocycles. The number of hydrogen-bond donors (Lipinski definition) is 2. The summed E-state index contributed by atoms with van der Waals surface area (Å²) in [5.74, 6) is 0.321. The lowest BCUT2D eigenvalue weighted by atomic mass is 9.95. The minimum Gasteiger partial charge on any atom is -0.368 e. The zero-order valence-electron chi connectivity index (χ0n) is 11.1. The molecule has 0 spiro atoms. The van der Waals surface area contributed by atoms with E-state index in [1.165, 1.54) is 6.42 Å². The van der Waals surface area contributed by atoms with Crippen LogP contribution in [-0.2, 0) is 4.79 Å². The first kappa shape index (κ1) is 13.1. The van der Waals surface area contributed by atoms with Crippen LogP contribution in [0.5, 0.6) is 0 Å². The smallest absolute Gasteiger partial charge is 0.240 e. The molecule has 3 N–H and O–H groups in total. The van der Waals surface area contributed by atoms with Gasteiger partial charge in [0.1, 0.15) is 6.04 Å². The summed E-state index contributed by atoms with van der Waals surface area (Å²) in [7, 11) is 0. The lowest BCUT2D eigenvalue weighted by Crippen LogP contribution is -2.34. The summed E-state index contributed by atoms with van der Waals surface area (Å²) in [6.07, 6.45) is 5.91. The zero-order chi connectivity index (χ0) is 13.1. The Morgan fingerprint density at radius 2 is 2.39 bits per heavy atom. The Labute approximate surface area is 108 Å². The number of imidazole rings is 1. The zero-order valence-corrected chi connectivity index (χ0v) is 11.1. The second-order valence-electron chi connectivity index (χ2n) is 5.36. The van der Waals surface area contributed by atoms with Crippen molar-refractivity contribution >= 4 is 5.91 Å². The maximum atomic E-state index is 11.6. The van der Waals surface area contributed by atoms with Crippen LogP contribution in [0.1, 0.15) is 44.3 Å². The number of nitrogens with zero attached hydrogens (tertiary/aromatic N) is 2. The fourth-order valence-corrected chi connectivity index (χ4v) is 2.75. The van der Waals surface area contributed by atoms with Crippen molar-refractivity contribution in [3.8, 4) is 0 Å². The van der Waals surface area contributed by atoms with Crippen LogP contribution in [0, 0.1) is 5.92 Å². The van der Waals surface area contributed by atoms with Gasteiger partial charge in [0.05, 0.1) is 6.33 Å². The SMILES string of the molecule is CC(C)C(C(N)=O)n1cncc1C1CCCNC1. The Bertz CT molecular complexity index is 407. The van der Waals surface area contributed by atoms with E-state index in [-0.39, 0.29) is 17.9 Å². The molecular formula is C13H22N4O. The molecule has 5 heteroatoms. The van der Waals surface area contributed by atoms with Gasteiger partial charge in [-0.15, -0.1) is 0 Å². The Hall–Kier alpha value is -1.36. The summed E-state index contributed by atoms with van der Waals surface area (Å²) < 4.78 is 1.96. The van der Waals surface area contributed by atoms with Gasteiger partial charge in [0.2, 0.25) is 5.91 Å². The van der Waals surface area contributed by atoms with Gasteiger partial charge in [-0.1, -0.05) is 13.8 Å². The molecule has 1 aliphatic rings. The highest BCUT2D eigenvalue weighted by Gasteiger charge is 2.27. The van der Waals surface area contributed by atoms with E-state index in [0.717, 1.165) is 25.2 Å². The van der Waals surface area contributed by atoms with Gasteiger partial charge in [0.15, 0.2) is 0 Å². The molecule has 0 aromatic carbocycles. The van der Waals surface area contributed by atoms with Gasteiger partial charge < -0.3 is 15.6 Å². The molecule has 0 bridgehead atoms. The third-order valence-electron chi connectivity index (χ3n) is 3.63. The highest BCUT2D eigenvalue weighted by Crippen LogP contribution is 2.27. The third-order valence-corrected chi connectivity index (χ3v) is 3.63. The van der Waals surface area contributed by atoms with E-state index in [0.29, 0.717) is 5.92 Å². The van der Waals surface area contributed by atoms with Gasteiger partial charge in [0.25, 0.3) is 0 Å². The number of carbonyl (C=O) groups excluding carboxylic acids is 1. The maximum absolute atomic E-state index is 11.6. The molecule has 2 rings (SSSR count). The predicted octanol–water partition coefficient (Wildman–Crippen LogP) is 1.03. The average Bonchev–Trinajstić information content (AvgIpc) is 2.78. The molecule has 5 nitrogen and oxygen atoms in total. The lowest BCUT2D eigenvalue weighted by molar-refractivity contribution is -0.122. The van der Waals surface area contributed by atoms with E-state index in [2.05, 4.69) is 10.3 Å². The molecule has 2 heterocycles. The fourth-order valence-electron chi connectivity index (χ4n) is 2.75. The first-order chi connectivity index (χ1) is 8.61. The average molecular weight is 250 g/mol. The number of carbonyl (C=O) groups is 1. The van der Waals surface area contributed by atoms with Gasteiger partial charge >= 0.3 is 0 Å². The Kier molecular flexibility index (Phi) is 4.01. The van der Waals surface area contributed by atoms with Crippen molar-refractivity contribution in [3.05, 3.63) is 18.2 Å². The van der Waals surface area contributed by atoms with E-state index in [1.807, 2.05) is 24.6 Å². The molecule has 0 radical (unpaired) electrons. The number of amides is 1. The molecule has 18 heavy (non-hydrogen) atoms. The van der Waals surface area contributed by atoms with Crippen molar-refractivity contribution in [1.82, 2.24) is 14.9 Å². The normalized spacial score (nSPS) is 22.1. The molecule has 1 amide bonds. The fraction of sp³-hybridized carbons (Fsp3) is 0.692. The summed E-state index contributed by atoms with van der Waals surface area (Å²) >= 11 is 0. The van der Waals surface area contributed by atoms with Crippen LogP contribution in [0.3, 0.4) is 0 Å². The van der Waals surface area contributed by atoms with E-state index in [9.17, 15) is 4.79 Å². The second kappa shape index (κ2) is 5.52. The Morgan fingerprint density at radius 1 is 1.61 bits per heavy atom. The number of rotatable bonds is 4. The molecule has 2 unspecified atom stereocenters. The summed E-state index contributed by atoms with van der Waals surface area (Å²) in [5.41, 5.74) is 6.65. The number of piperidine rings is 1. The third kappa shape index (κ3) is 2.56. The summed E-state index contributed by atoms with van der Waals surface area (Å²) in [5, 5.41) is 3.39. The first-order valence-corrected chi connectivity index (χ1v) is 6.63. The predicted molar refractivity (Wildman–Crippen MR) is 70.1 cm³/mol. The summed E-state index contributed by atoms with van der Waals surface area (Å²) in [4.78, 5) is 15.8.